The minimum absolute atomic E-state index is 0.0359. The Hall–Kier alpha value is -3.54. The molecule has 0 radical (unpaired) electrons. The number of para-hydroxylation sites is 2. The summed E-state index contributed by atoms with van der Waals surface area (Å²) in [5, 5.41) is 3.31. The molecular weight excluding hydrogens is 331 g/mol. The Labute approximate surface area is 148 Å². The molecule has 0 bridgehead atoms. The molecule has 4 aromatic rings. The maximum atomic E-state index is 14.2. The van der Waals surface area contributed by atoms with Crippen molar-refractivity contribution in [1.29, 1.82) is 0 Å². The van der Waals surface area contributed by atoms with Gasteiger partial charge in [-0.05, 0) is 42.8 Å². The highest BCUT2D eigenvalue weighted by Crippen LogP contribution is 2.22. The SMILES string of the molecule is Cc1ccccc1-n1c(Nc2cccnc2)nc2c(F)cccc2c1=O. The van der Waals surface area contributed by atoms with Gasteiger partial charge in [0.25, 0.3) is 5.56 Å². The van der Waals surface area contributed by atoms with E-state index in [2.05, 4.69) is 15.3 Å². The summed E-state index contributed by atoms with van der Waals surface area (Å²) in [6.07, 6.45) is 3.26. The summed E-state index contributed by atoms with van der Waals surface area (Å²) in [6.45, 7) is 1.91. The van der Waals surface area contributed by atoms with Crippen LogP contribution in [0.3, 0.4) is 0 Å². The van der Waals surface area contributed by atoms with Crippen molar-refractivity contribution in [2.24, 2.45) is 0 Å². The van der Waals surface area contributed by atoms with Crippen LogP contribution in [0.1, 0.15) is 5.56 Å². The lowest BCUT2D eigenvalue weighted by Crippen LogP contribution is -2.23. The largest absolute Gasteiger partial charge is 0.324 e. The van der Waals surface area contributed by atoms with Gasteiger partial charge in [-0.3, -0.25) is 9.78 Å². The zero-order valence-corrected chi connectivity index (χ0v) is 14.0. The zero-order chi connectivity index (χ0) is 18.1. The molecule has 5 nitrogen and oxygen atoms in total. The van der Waals surface area contributed by atoms with E-state index in [1.165, 1.54) is 16.7 Å². The van der Waals surface area contributed by atoms with Crippen molar-refractivity contribution in [3.05, 3.63) is 88.7 Å². The number of hydrogen-bond acceptors (Lipinski definition) is 4. The summed E-state index contributed by atoms with van der Waals surface area (Å²) >= 11 is 0. The molecule has 0 aliphatic carbocycles. The predicted molar refractivity (Wildman–Crippen MR) is 99.6 cm³/mol. The van der Waals surface area contributed by atoms with Gasteiger partial charge in [0.15, 0.2) is 0 Å². The molecule has 0 saturated carbocycles. The van der Waals surface area contributed by atoms with Crippen LogP contribution in [0, 0.1) is 12.7 Å². The Morgan fingerprint density at radius 2 is 1.88 bits per heavy atom. The number of benzene rings is 2. The Kier molecular flexibility index (Phi) is 3.93. The summed E-state index contributed by atoms with van der Waals surface area (Å²) < 4.78 is 15.7. The van der Waals surface area contributed by atoms with Crippen LogP contribution >= 0.6 is 0 Å². The minimum atomic E-state index is -0.536. The van der Waals surface area contributed by atoms with E-state index < -0.39 is 5.82 Å². The third-order valence-corrected chi connectivity index (χ3v) is 4.12. The van der Waals surface area contributed by atoms with Gasteiger partial charge < -0.3 is 5.32 Å². The number of anilines is 2. The van der Waals surface area contributed by atoms with Crippen LogP contribution in [0.5, 0.6) is 0 Å². The predicted octanol–water partition coefficient (Wildman–Crippen LogP) is 3.97. The molecule has 2 heterocycles. The lowest BCUT2D eigenvalue weighted by atomic mass is 10.2. The van der Waals surface area contributed by atoms with Gasteiger partial charge in [0.2, 0.25) is 5.95 Å². The number of fused-ring (bicyclic) bond motifs is 1. The van der Waals surface area contributed by atoms with Gasteiger partial charge in [-0.1, -0.05) is 24.3 Å². The van der Waals surface area contributed by atoms with E-state index in [4.69, 9.17) is 0 Å². The highest BCUT2D eigenvalue weighted by atomic mass is 19.1. The molecule has 6 heteroatoms. The fourth-order valence-electron chi connectivity index (χ4n) is 2.86. The maximum Gasteiger partial charge on any atom is 0.267 e. The van der Waals surface area contributed by atoms with Crippen LogP contribution in [0.2, 0.25) is 0 Å². The second-order valence-corrected chi connectivity index (χ2v) is 5.87. The lowest BCUT2D eigenvalue weighted by Gasteiger charge is -2.16. The number of halogens is 1. The molecule has 2 aromatic heterocycles. The quantitative estimate of drug-likeness (QED) is 0.610. The fraction of sp³-hybridized carbons (Fsp3) is 0.0500. The Morgan fingerprint density at radius 3 is 2.65 bits per heavy atom. The average Bonchev–Trinajstić information content (AvgIpc) is 2.65. The Morgan fingerprint density at radius 1 is 1.04 bits per heavy atom. The van der Waals surface area contributed by atoms with E-state index >= 15 is 0 Å². The van der Waals surface area contributed by atoms with Gasteiger partial charge in [-0.2, -0.15) is 0 Å². The van der Waals surface area contributed by atoms with Crippen molar-refractivity contribution >= 4 is 22.5 Å². The fourth-order valence-corrected chi connectivity index (χ4v) is 2.86. The second kappa shape index (κ2) is 6.40. The van der Waals surface area contributed by atoms with E-state index in [-0.39, 0.29) is 22.4 Å². The third kappa shape index (κ3) is 2.71. The summed E-state index contributed by atoms with van der Waals surface area (Å²) in [5.74, 6) is -0.305. The van der Waals surface area contributed by atoms with Crippen LogP contribution in [0.25, 0.3) is 16.6 Å². The standard InChI is InChI=1S/C20H15FN4O/c1-13-6-2-3-10-17(13)25-19(26)15-8-4-9-16(21)18(15)24-20(25)23-14-7-5-11-22-12-14/h2-12H,1H3,(H,23,24). The summed E-state index contributed by atoms with van der Waals surface area (Å²) in [4.78, 5) is 21.6. The molecule has 0 fully saturated rings. The van der Waals surface area contributed by atoms with Crippen LogP contribution in [0.15, 0.2) is 71.8 Å². The molecule has 0 atom stereocenters. The molecule has 4 rings (SSSR count). The van der Waals surface area contributed by atoms with Crippen molar-refractivity contribution in [1.82, 2.24) is 14.5 Å². The Bertz CT molecular complexity index is 1160. The van der Waals surface area contributed by atoms with E-state index in [1.807, 2.05) is 31.2 Å². The topological polar surface area (TPSA) is 59.8 Å². The van der Waals surface area contributed by atoms with Gasteiger partial charge in [0.05, 0.1) is 23.0 Å². The minimum Gasteiger partial charge on any atom is -0.324 e. The lowest BCUT2D eigenvalue weighted by molar-refractivity contribution is 0.636. The zero-order valence-electron chi connectivity index (χ0n) is 14.0. The van der Waals surface area contributed by atoms with Crippen LogP contribution < -0.4 is 10.9 Å². The van der Waals surface area contributed by atoms with Crippen LogP contribution in [0.4, 0.5) is 16.0 Å². The number of aryl methyl sites for hydroxylation is 1. The molecule has 0 aliphatic rings. The molecule has 0 amide bonds. The number of pyridine rings is 1. The van der Waals surface area contributed by atoms with Crippen molar-refractivity contribution in [3.63, 3.8) is 0 Å². The molecule has 0 saturated heterocycles. The van der Waals surface area contributed by atoms with Gasteiger partial charge in [-0.15, -0.1) is 0 Å². The number of rotatable bonds is 3. The smallest absolute Gasteiger partial charge is 0.267 e. The number of nitrogens with one attached hydrogen (secondary N) is 1. The molecule has 0 unspecified atom stereocenters. The first-order valence-corrected chi connectivity index (χ1v) is 8.09. The van der Waals surface area contributed by atoms with Crippen molar-refractivity contribution in [3.8, 4) is 5.69 Å². The first kappa shape index (κ1) is 16.0. The number of hydrogen-bond donors (Lipinski definition) is 1. The van der Waals surface area contributed by atoms with E-state index in [9.17, 15) is 9.18 Å². The van der Waals surface area contributed by atoms with Gasteiger partial charge in [0.1, 0.15) is 11.3 Å². The number of aromatic nitrogens is 3. The van der Waals surface area contributed by atoms with Crippen molar-refractivity contribution in [2.45, 2.75) is 6.92 Å². The Balaban J connectivity index is 2.04. The summed E-state index contributed by atoms with van der Waals surface area (Å²) in [7, 11) is 0. The summed E-state index contributed by atoms with van der Waals surface area (Å²) in [6, 6.07) is 15.4. The molecule has 128 valence electrons. The second-order valence-electron chi connectivity index (χ2n) is 5.87. The van der Waals surface area contributed by atoms with Crippen molar-refractivity contribution < 1.29 is 4.39 Å². The van der Waals surface area contributed by atoms with Crippen LogP contribution in [-0.4, -0.2) is 14.5 Å². The normalized spacial score (nSPS) is 10.8. The third-order valence-electron chi connectivity index (χ3n) is 4.12. The summed E-state index contributed by atoms with van der Waals surface area (Å²) in [5.41, 5.74) is 1.94. The van der Waals surface area contributed by atoms with Gasteiger partial charge in [-0.25, -0.2) is 13.9 Å². The van der Waals surface area contributed by atoms with Gasteiger partial charge in [0, 0.05) is 6.20 Å². The first-order chi connectivity index (χ1) is 12.6. The average molecular weight is 346 g/mol. The monoisotopic (exact) mass is 346 g/mol. The van der Waals surface area contributed by atoms with E-state index in [0.717, 1.165) is 5.56 Å². The van der Waals surface area contributed by atoms with Crippen molar-refractivity contribution in [2.75, 3.05) is 5.32 Å². The molecule has 2 aromatic carbocycles. The highest BCUT2D eigenvalue weighted by molar-refractivity contribution is 5.80. The van der Waals surface area contributed by atoms with E-state index in [0.29, 0.717) is 11.4 Å². The number of nitrogens with zero attached hydrogens (tertiary/aromatic N) is 3. The van der Waals surface area contributed by atoms with Gasteiger partial charge >= 0.3 is 0 Å². The first-order valence-electron chi connectivity index (χ1n) is 8.09. The van der Waals surface area contributed by atoms with Crippen LogP contribution in [-0.2, 0) is 0 Å². The molecule has 1 N–H and O–H groups in total. The molecule has 0 spiro atoms. The molecule has 0 aliphatic heterocycles. The van der Waals surface area contributed by atoms with E-state index in [1.54, 1.807) is 30.6 Å². The highest BCUT2D eigenvalue weighted by Gasteiger charge is 2.16. The maximum absolute atomic E-state index is 14.2. The molecule has 26 heavy (non-hydrogen) atoms. The molecular formula is C20H15FN4O.